The Hall–Kier alpha value is -0.400. The molecule has 52 valence electrons. The van der Waals surface area contributed by atoms with Gasteiger partial charge in [0.15, 0.2) is 5.01 Å². The van der Waals surface area contributed by atoms with E-state index in [2.05, 4.69) is 20.9 Å². The van der Waals surface area contributed by atoms with Crippen LogP contribution in [-0.2, 0) is 0 Å². The fourth-order valence-electron chi connectivity index (χ4n) is 0.522. The van der Waals surface area contributed by atoms with Crippen LogP contribution in [0.25, 0.3) is 0 Å². The first-order valence-electron chi connectivity index (χ1n) is 2.74. The van der Waals surface area contributed by atoms with Gasteiger partial charge in [-0.05, 0) is 6.92 Å². The molecule has 1 rings (SSSR count). The van der Waals surface area contributed by atoms with Crippen LogP contribution in [0.15, 0.2) is 6.20 Å². The first-order chi connectivity index (χ1) is 4.74. The van der Waals surface area contributed by atoms with Crippen molar-refractivity contribution in [3.63, 3.8) is 0 Å². The van der Waals surface area contributed by atoms with E-state index in [1.807, 2.05) is 13.0 Å². The molecule has 0 spiro atoms. The Kier molecular flexibility index (Phi) is 2.41. The van der Waals surface area contributed by atoms with Crippen molar-refractivity contribution in [2.75, 3.05) is 0 Å². The smallest absolute Gasteiger partial charge is 0.194 e. The Morgan fingerprint density at radius 1 is 1.90 bits per heavy atom. The summed E-state index contributed by atoms with van der Waals surface area (Å²) in [5.74, 6) is 0. The van der Waals surface area contributed by atoms with Crippen LogP contribution in [-0.4, -0.2) is 4.98 Å². The maximum atomic E-state index is 8.42. The highest BCUT2D eigenvalue weighted by Crippen LogP contribution is 2.26. The molecule has 1 aromatic rings. The summed E-state index contributed by atoms with van der Waals surface area (Å²) >= 11 is 4.81. The van der Waals surface area contributed by atoms with Crippen LogP contribution < -0.4 is 0 Å². The molecule has 1 heterocycles. The number of halogens is 1. The zero-order valence-corrected chi connectivity index (χ0v) is 7.74. The van der Waals surface area contributed by atoms with Crippen molar-refractivity contribution in [1.29, 1.82) is 5.26 Å². The van der Waals surface area contributed by atoms with E-state index in [1.165, 1.54) is 11.3 Å². The van der Waals surface area contributed by atoms with Crippen LogP contribution in [0, 0.1) is 11.3 Å². The monoisotopic (exact) mass is 216 g/mol. The van der Waals surface area contributed by atoms with Gasteiger partial charge < -0.3 is 0 Å². The Balaban J connectivity index is 2.91. The number of nitriles is 1. The van der Waals surface area contributed by atoms with Gasteiger partial charge in [-0.1, -0.05) is 15.9 Å². The Bertz CT molecular complexity index is 261. The lowest BCUT2D eigenvalue weighted by atomic mass is 10.4. The average Bonchev–Trinajstić information content (AvgIpc) is 2.34. The van der Waals surface area contributed by atoms with Crippen molar-refractivity contribution < 1.29 is 0 Å². The van der Waals surface area contributed by atoms with E-state index in [0.29, 0.717) is 9.83 Å². The Morgan fingerprint density at radius 2 is 2.60 bits per heavy atom. The minimum Gasteiger partial charge on any atom is -0.234 e. The summed E-state index contributed by atoms with van der Waals surface area (Å²) in [6, 6.07) is 1.99. The van der Waals surface area contributed by atoms with Crippen molar-refractivity contribution in [1.82, 2.24) is 4.98 Å². The molecule has 0 amide bonds. The highest BCUT2D eigenvalue weighted by Gasteiger charge is 2.04. The molecular weight excluding hydrogens is 212 g/mol. The van der Waals surface area contributed by atoms with Crippen LogP contribution >= 0.6 is 27.3 Å². The van der Waals surface area contributed by atoms with E-state index < -0.39 is 0 Å². The number of rotatable bonds is 1. The molecule has 1 unspecified atom stereocenters. The Labute approximate surface area is 71.6 Å². The quantitative estimate of drug-likeness (QED) is 0.677. The van der Waals surface area contributed by atoms with Gasteiger partial charge in [-0.25, -0.2) is 4.98 Å². The third-order valence-corrected chi connectivity index (χ3v) is 2.89. The molecule has 1 aromatic heterocycles. The second-order valence-corrected chi connectivity index (χ2v) is 4.23. The number of hydrogen-bond acceptors (Lipinski definition) is 3. The number of alkyl halides is 1. The Morgan fingerprint density at radius 3 is 2.90 bits per heavy atom. The molecule has 0 saturated heterocycles. The van der Waals surface area contributed by atoms with Gasteiger partial charge in [-0.3, -0.25) is 0 Å². The van der Waals surface area contributed by atoms with Gasteiger partial charge in [0.1, 0.15) is 6.07 Å². The van der Waals surface area contributed by atoms with Gasteiger partial charge >= 0.3 is 0 Å². The normalized spacial score (nSPS) is 12.5. The maximum absolute atomic E-state index is 8.42. The molecular formula is C6H5BrN2S. The van der Waals surface area contributed by atoms with E-state index in [4.69, 9.17) is 5.26 Å². The molecule has 0 bridgehead atoms. The third-order valence-electron chi connectivity index (χ3n) is 1.01. The number of thiazole rings is 1. The number of hydrogen-bond donors (Lipinski definition) is 0. The molecule has 0 aromatic carbocycles. The first kappa shape index (κ1) is 7.70. The van der Waals surface area contributed by atoms with Gasteiger partial charge in [-0.15, -0.1) is 11.3 Å². The summed E-state index contributed by atoms with van der Waals surface area (Å²) in [4.78, 5) is 5.28. The lowest BCUT2D eigenvalue weighted by Gasteiger charge is -1.92. The van der Waals surface area contributed by atoms with Crippen molar-refractivity contribution >= 4 is 27.3 Å². The fraction of sp³-hybridized carbons (Fsp3) is 0.333. The second kappa shape index (κ2) is 3.13. The zero-order valence-electron chi connectivity index (χ0n) is 5.34. The van der Waals surface area contributed by atoms with Crippen LogP contribution in [0.4, 0.5) is 0 Å². The lowest BCUT2D eigenvalue weighted by molar-refractivity contribution is 1.15. The molecule has 0 saturated carbocycles. The fourth-order valence-corrected chi connectivity index (χ4v) is 1.56. The van der Waals surface area contributed by atoms with Gasteiger partial charge in [-0.2, -0.15) is 5.26 Å². The van der Waals surface area contributed by atoms with Crippen LogP contribution in [0.5, 0.6) is 0 Å². The molecule has 0 aliphatic rings. The largest absolute Gasteiger partial charge is 0.234 e. The molecule has 4 heteroatoms. The summed E-state index contributed by atoms with van der Waals surface area (Å²) in [7, 11) is 0. The zero-order chi connectivity index (χ0) is 7.56. The predicted molar refractivity (Wildman–Crippen MR) is 44.2 cm³/mol. The third kappa shape index (κ3) is 1.55. The molecule has 0 aliphatic heterocycles. The minimum absolute atomic E-state index is 0.298. The minimum atomic E-state index is 0.298. The topological polar surface area (TPSA) is 36.7 Å². The van der Waals surface area contributed by atoms with E-state index in [-0.39, 0.29) is 0 Å². The van der Waals surface area contributed by atoms with Gasteiger partial charge in [0.25, 0.3) is 0 Å². The van der Waals surface area contributed by atoms with Gasteiger partial charge in [0, 0.05) is 15.9 Å². The summed E-state index contributed by atoms with van der Waals surface area (Å²) in [6.07, 6.45) is 1.72. The molecule has 0 N–H and O–H groups in total. The van der Waals surface area contributed by atoms with Crippen molar-refractivity contribution in [3.8, 4) is 6.07 Å². The van der Waals surface area contributed by atoms with E-state index in [1.54, 1.807) is 6.20 Å². The van der Waals surface area contributed by atoms with Crippen molar-refractivity contribution in [2.45, 2.75) is 11.8 Å². The molecule has 2 nitrogen and oxygen atoms in total. The van der Waals surface area contributed by atoms with E-state index >= 15 is 0 Å². The molecule has 0 radical (unpaired) electrons. The second-order valence-electron chi connectivity index (χ2n) is 1.80. The molecule has 0 aliphatic carbocycles. The van der Waals surface area contributed by atoms with Crippen molar-refractivity contribution in [3.05, 3.63) is 16.1 Å². The first-order valence-corrected chi connectivity index (χ1v) is 4.47. The van der Waals surface area contributed by atoms with E-state index in [0.717, 1.165) is 4.88 Å². The number of aromatic nitrogens is 1. The standard InChI is InChI=1S/C6H5BrN2S/c1-4(7)5-3-9-6(2-8)10-5/h3-4H,1H3. The molecule has 10 heavy (non-hydrogen) atoms. The van der Waals surface area contributed by atoms with Crippen LogP contribution in [0.3, 0.4) is 0 Å². The summed E-state index contributed by atoms with van der Waals surface area (Å²) in [6.45, 7) is 2.01. The maximum Gasteiger partial charge on any atom is 0.194 e. The van der Waals surface area contributed by atoms with E-state index in [9.17, 15) is 0 Å². The average molecular weight is 217 g/mol. The number of nitrogens with zero attached hydrogens (tertiary/aromatic N) is 2. The van der Waals surface area contributed by atoms with Gasteiger partial charge in [0.05, 0.1) is 0 Å². The summed E-state index contributed by atoms with van der Waals surface area (Å²) in [5, 5.41) is 8.94. The predicted octanol–water partition coefficient (Wildman–Crippen LogP) is 2.47. The van der Waals surface area contributed by atoms with Gasteiger partial charge in [0.2, 0.25) is 0 Å². The van der Waals surface area contributed by atoms with Crippen LogP contribution in [0.1, 0.15) is 21.6 Å². The SMILES string of the molecule is CC(Br)c1cnc(C#N)s1. The lowest BCUT2D eigenvalue weighted by Crippen LogP contribution is -1.72. The summed E-state index contributed by atoms with van der Waals surface area (Å²) < 4.78 is 0. The highest BCUT2D eigenvalue weighted by molar-refractivity contribution is 9.09. The molecule has 1 atom stereocenters. The van der Waals surface area contributed by atoms with Crippen LogP contribution in [0.2, 0.25) is 0 Å². The summed E-state index contributed by atoms with van der Waals surface area (Å²) in [5.41, 5.74) is 0. The molecule has 0 fully saturated rings. The van der Waals surface area contributed by atoms with Crippen molar-refractivity contribution in [2.24, 2.45) is 0 Å². The highest BCUT2D eigenvalue weighted by atomic mass is 79.9.